The van der Waals surface area contributed by atoms with E-state index >= 15 is 0 Å². The van der Waals surface area contributed by atoms with Crippen LogP contribution in [-0.4, -0.2) is 11.7 Å². The summed E-state index contributed by atoms with van der Waals surface area (Å²) in [6, 6.07) is 9.72. The van der Waals surface area contributed by atoms with Gasteiger partial charge in [0.15, 0.2) is 0 Å². The summed E-state index contributed by atoms with van der Waals surface area (Å²) >= 11 is 12.3. The maximum absolute atomic E-state index is 14.1. The average Bonchev–Trinajstić information content (AvgIpc) is 2.45. The van der Waals surface area contributed by atoms with Crippen molar-refractivity contribution in [2.75, 3.05) is 6.54 Å². The van der Waals surface area contributed by atoms with Gasteiger partial charge in [-0.15, -0.1) is 0 Å². The first-order valence-electron chi connectivity index (χ1n) is 6.54. The van der Waals surface area contributed by atoms with Crippen LogP contribution in [0.3, 0.4) is 0 Å². The summed E-state index contributed by atoms with van der Waals surface area (Å²) in [6.45, 7) is 1.89. The molecule has 0 heterocycles. The summed E-state index contributed by atoms with van der Waals surface area (Å²) in [6.07, 6.45) is -1.03. The molecule has 2 rings (SSSR count). The van der Waals surface area contributed by atoms with Crippen molar-refractivity contribution in [3.63, 3.8) is 0 Å². The van der Waals surface area contributed by atoms with Gasteiger partial charge in [-0.2, -0.15) is 0 Å². The molecule has 0 aliphatic carbocycles. The van der Waals surface area contributed by atoms with E-state index in [0.717, 1.165) is 5.56 Å². The highest BCUT2D eigenvalue weighted by atomic mass is 35.5. The minimum absolute atomic E-state index is 0.0477. The zero-order valence-corrected chi connectivity index (χ0v) is 13.0. The van der Waals surface area contributed by atoms with Crippen LogP contribution in [0.25, 0.3) is 0 Å². The molecular formula is C16H16Cl2FNO. The molecule has 112 valence electrons. The number of benzene rings is 2. The van der Waals surface area contributed by atoms with E-state index in [9.17, 15) is 9.50 Å². The Balaban J connectivity index is 2.48. The molecule has 21 heavy (non-hydrogen) atoms. The standard InChI is InChI=1S/C16H16Cl2FNO/c1-9-4-2-5-10(15(9)18)16(21)11(8-20)14-12(17)6-3-7-13(14)19/h2-7,11,16,21H,8,20H2,1H3. The summed E-state index contributed by atoms with van der Waals surface area (Å²) in [4.78, 5) is 0. The van der Waals surface area contributed by atoms with Gasteiger partial charge in [0.25, 0.3) is 0 Å². The number of aryl methyl sites for hydroxylation is 1. The molecule has 2 aromatic rings. The van der Waals surface area contributed by atoms with Crippen molar-refractivity contribution in [3.8, 4) is 0 Å². The molecule has 0 bridgehead atoms. The zero-order valence-electron chi connectivity index (χ0n) is 11.5. The quantitative estimate of drug-likeness (QED) is 0.883. The fourth-order valence-corrected chi connectivity index (χ4v) is 2.93. The van der Waals surface area contributed by atoms with Crippen molar-refractivity contribution in [1.82, 2.24) is 0 Å². The predicted molar refractivity (Wildman–Crippen MR) is 84.4 cm³/mol. The molecule has 3 N–H and O–H groups in total. The molecule has 0 fully saturated rings. The molecule has 0 aromatic heterocycles. The Morgan fingerprint density at radius 2 is 1.86 bits per heavy atom. The van der Waals surface area contributed by atoms with Gasteiger partial charge in [0.05, 0.1) is 6.10 Å². The van der Waals surface area contributed by atoms with Gasteiger partial charge in [-0.25, -0.2) is 4.39 Å². The number of nitrogens with two attached hydrogens (primary N) is 1. The van der Waals surface area contributed by atoms with E-state index in [2.05, 4.69) is 0 Å². The third kappa shape index (κ3) is 3.22. The lowest BCUT2D eigenvalue weighted by Crippen LogP contribution is -2.22. The third-order valence-corrected chi connectivity index (χ3v) is 4.39. The maximum Gasteiger partial charge on any atom is 0.128 e. The molecule has 0 amide bonds. The van der Waals surface area contributed by atoms with Crippen molar-refractivity contribution in [2.24, 2.45) is 5.73 Å². The second kappa shape index (κ2) is 6.75. The van der Waals surface area contributed by atoms with Gasteiger partial charge in [-0.1, -0.05) is 47.5 Å². The van der Waals surface area contributed by atoms with Crippen molar-refractivity contribution in [2.45, 2.75) is 18.9 Å². The van der Waals surface area contributed by atoms with E-state index in [0.29, 0.717) is 10.6 Å². The molecule has 0 saturated carbocycles. The van der Waals surface area contributed by atoms with Gasteiger partial charge in [0, 0.05) is 33.6 Å². The van der Waals surface area contributed by atoms with E-state index in [1.54, 1.807) is 18.2 Å². The van der Waals surface area contributed by atoms with E-state index in [-0.39, 0.29) is 17.1 Å². The molecule has 2 nitrogen and oxygen atoms in total. The number of halogens is 3. The average molecular weight is 328 g/mol. The molecule has 2 unspecified atom stereocenters. The fourth-order valence-electron chi connectivity index (χ4n) is 2.38. The monoisotopic (exact) mass is 327 g/mol. The molecule has 0 aliphatic heterocycles. The van der Waals surface area contributed by atoms with E-state index in [1.807, 2.05) is 13.0 Å². The van der Waals surface area contributed by atoms with Crippen LogP contribution in [-0.2, 0) is 0 Å². The Hall–Kier alpha value is -1.13. The highest BCUT2D eigenvalue weighted by molar-refractivity contribution is 6.32. The summed E-state index contributed by atoms with van der Waals surface area (Å²) in [7, 11) is 0. The SMILES string of the molecule is Cc1cccc(C(O)C(CN)c2c(F)cccc2Cl)c1Cl. The van der Waals surface area contributed by atoms with E-state index < -0.39 is 17.8 Å². The Kier molecular flexibility index (Phi) is 5.22. The summed E-state index contributed by atoms with van der Waals surface area (Å²) in [5, 5.41) is 11.3. The lowest BCUT2D eigenvalue weighted by Gasteiger charge is -2.24. The van der Waals surface area contributed by atoms with Crippen molar-refractivity contribution in [1.29, 1.82) is 0 Å². The number of aliphatic hydroxyl groups excluding tert-OH is 1. The zero-order chi connectivity index (χ0) is 15.6. The Morgan fingerprint density at radius 1 is 1.19 bits per heavy atom. The van der Waals surface area contributed by atoms with Gasteiger partial charge in [-0.05, 0) is 24.6 Å². The normalized spacial score (nSPS) is 14.0. The van der Waals surface area contributed by atoms with Crippen LogP contribution in [0.5, 0.6) is 0 Å². The maximum atomic E-state index is 14.1. The van der Waals surface area contributed by atoms with Crippen LogP contribution in [0.2, 0.25) is 10.0 Å². The molecule has 0 saturated heterocycles. The van der Waals surface area contributed by atoms with Crippen LogP contribution in [0.4, 0.5) is 4.39 Å². The second-order valence-corrected chi connectivity index (χ2v) is 5.69. The third-order valence-electron chi connectivity index (χ3n) is 3.55. The van der Waals surface area contributed by atoms with Crippen molar-refractivity contribution >= 4 is 23.2 Å². The molecule has 5 heteroatoms. The Labute approximate surface area is 133 Å². The van der Waals surface area contributed by atoms with Crippen LogP contribution in [0.15, 0.2) is 36.4 Å². The highest BCUT2D eigenvalue weighted by Gasteiger charge is 2.28. The second-order valence-electron chi connectivity index (χ2n) is 4.90. The molecule has 0 radical (unpaired) electrons. The van der Waals surface area contributed by atoms with Crippen LogP contribution < -0.4 is 5.73 Å². The summed E-state index contributed by atoms with van der Waals surface area (Å²) in [5.41, 5.74) is 7.31. The number of aliphatic hydroxyl groups is 1. The first-order valence-corrected chi connectivity index (χ1v) is 7.30. The van der Waals surface area contributed by atoms with E-state index in [1.165, 1.54) is 12.1 Å². The van der Waals surface area contributed by atoms with Crippen LogP contribution in [0, 0.1) is 12.7 Å². The Bertz CT molecular complexity index is 628. The van der Waals surface area contributed by atoms with Crippen molar-refractivity contribution in [3.05, 3.63) is 69.0 Å². The summed E-state index contributed by atoms with van der Waals surface area (Å²) in [5.74, 6) is -1.15. The topological polar surface area (TPSA) is 46.2 Å². The minimum atomic E-state index is -1.03. The molecular weight excluding hydrogens is 312 g/mol. The van der Waals surface area contributed by atoms with Gasteiger partial charge in [-0.3, -0.25) is 0 Å². The number of rotatable bonds is 4. The van der Waals surface area contributed by atoms with Gasteiger partial charge < -0.3 is 10.8 Å². The van der Waals surface area contributed by atoms with Crippen LogP contribution in [0.1, 0.15) is 28.7 Å². The molecule has 0 spiro atoms. The first-order chi connectivity index (χ1) is 9.97. The predicted octanol–water partition coefficient (Wildman–Crippen LogP) is 4.22. The molecule has 0 aliphatic rings. The Morgan fingerprint density at radius 3 is 2.48 bits per heavy atom. The largest absolute Gasteiger partial charge is 0.388 e. The van der Waals surface area contributed by atoms with E-state index in [4.69, 9.17) is 28.9 Å². The first kappa shape index (κ1) is 16.2. The number of hydrogen-bond donors (Lipinski definition) is 2. The fraction of sp³-hybridized carbons (Fsp3) is 0.250. The molecule has 2 atom stereocenters. The van der Waals surface area contributed by atoms with Gasteiger partial charge in [0.1, 0.15) is 5.82 Å². The smallest absolute Gasteiger partial charge is 0.128 e. The summed E-state index contributed by atoms with van der Waals surface area (Å²) < 4.78 is 14.1. The number of hydrogen-bond acceptors (Lipinski definition) is 2. The minimum Gasteiger partial charge on any atom is -0.388 e. The van der Waals surface area contributed by atoms with Gasteiger partial charge in [0.2, 0.25) is 0 Å². The lowest BCUT2D eigenvalue weighted by atomic mass is 9.88. The van der Waals surface area contributed by atoms with Gasteiger partial charge >= 0.3 is 0 Å². The van der Waals surface area contributed by atoms with Crippen molar-refractivity contribution < 1.29 is 9.50 Å². The van der Waals surface area contributed by atoms with Crippen LogP contribution >= 0.6 is 23.2 Å². The molecule has 2 aromatic carbocycles. The lowest BCUT2D eigenvalue weighted by molar-refractivity contribution is 0.146. The highest BCUT2D eigenvalue weighted by Crippen LogP contribution is 2.38.